The van der Waals surface area contributed by atoms with Gasteiger partial charge in [0.1, 0.15) is 22.0 Å². The largest absolute Gasteiger partial charge is 0.481 e. The number of H-pyrrole nitrogens is 5. The lowest BCUT2D eigenvalue weighted by molar-refractivity contribution is -0.143. The quantitative estimate of drug-likeness (QED) is 0.0603. The number of aliphatic hydroxyl groups is 1. The van der Waals surface area contributed by atoms with Crippen molar-refractivity contribution < 1.29 is 24.5 Å². The number of carboxylic acids is 1. The number of fused-ring (bicyclic) bond motifs is 8. The van der Waals surface area contributed by atoms with Crippen molar-refractivity contribution in [3.63, 3.8) is 0 Å². The molecule has 0 aliphatic carbocycles. The lowest BCUT2D eigenvalue weighted by atomic mass is 9.96. The summed E-state index contributed by atoms with van der Waals surface area (Å²) in [6, 6.07) is 16.3. The Morgan fingerprint density at radius 1 is 0.537 bits per heavy atom. The van der Waals surface area contributed by atoms with Crippen LogP contribution in [0.4, 0.5) is 56.4 Å². The number of rotatable bonds is 16. The van der Waals surface area contributed by atoms with Crippen molar-refractivity contribution in [3.8, 4) is 11.5 Å². The molecule has 8 aromatic rings. The predicted molar refractivity (Wildman–Crippen MR) is 462 cm³/mol. The Kier molecular flexibility index (Phi) is 25.6. The highest BCUT2D eigenvalue weighted by Gasteiger charge is 2.34. The van der Waals surface area contributed by atoms with E-state index in [1.807, 2.05) is 94.3 Å². The molecule has 35 nitrogen and oxygen atoms in total. The van der Waals surface area contributed by atoms with Crippen molar-refractivity contribution in [2.75, 3.05) is 113 Å². The summed E-state index contributed by atoms with van der Waals surface area (Å²) in [7, 11) is 0. The van der Waals surface area contributed by atoms with Crippen LogP contribution in [0.2, 0.25) is 5.02 Å². The van der Waals surface area contributed by atoms with Crippen molar-refractivity contribution in [2.24, 2.45) is 20.9 Å². The Labute approximate surface area is 700 Å². The summed E-state index contributed by atoms with van der Waals surface area (Å²) < 4.78 is 7.28. The van der Waals surface area contributed by atoms with E-state index in [1.54, 1.807) is 0 Å². The molecule has 0 radical (unpaired) electrons. The molecule has 8 N–H and O–H groups in total. The normalized spacial score (nSPS) is 16.9. The van der Waals surface area contributed by atoms with Gasteiger partial charge in [-0.3, -0.25) is 33.9 Å². The molecule has 4 saturated heterocycles. The van der Waals surface area contributed by atoms with E-state index < -0.39 is 22.8 Å². The molecule has 0 unspecified atom stereocenters. The number of piperidine rings is 3. The number of aliphatic hydroxyl groups excluding tert-OH is 1. The Balaban J connectivity index is 0.000000132. The maximum atomic E-state index is 12.6. The monoisotopic (exact) mass is 1670 g/mol. The van der Waals surface area contributed by atoms with Gasteiger partial charge in [-0.05, 0) is 241 Å². The van der Waals surface area contributed by atoms with Crippen LogP contribution in [0.1, 0.15) is 123 Å². The molecule has 0 bridgehead atoms. The first-order valence-electron chi connectivity index (χ1n) is 41.1. The van der Waals surface area contributed by atoms with Crippen LogP contribution in [0.15, 0.2) is 87.5 Å². The van der Waals surface area contributed by atoms with E-state index in [0.29, 0.717) is 119 Å². The molecule has 4 fully saturated rings. The fourth-order valence-corrected chi connectivity index (χ4v) is 16.6. The summed E-state index contributed by atoms with van der Waals surface area (Å²) >= 11 is 6.36. The molecular weight excluding hydrogens is 1570 g/mol. The van der Waals surface area contributed by atoms with Gasteiger partial charge in [0, 0.05) is 88.5 Å². The molecule has 636 valence electrons. The zero-order valence-electron chi connectivity index (χ0n) is 70.1. The molecule has 121 heavy (non-hydrogen) atoms. The number of alkyl carbamates (subject to hydrolysis) is 1. The number of likely N-dealkylation sites (tertiary alicyclic amines) is 4. The number of carboxylic acid groups (broad SMARTS) is 1. The number of hydrogen-bond acceptors (Lipinski definition) is 27. The summed E-state index contributed by atoms with van der Waals surface area (Å²) in [5.74, 6) is 2.06. The molecular formula is C85H104ClN25O10. The van der Waals surface area contributed by atoms with Gasteiger partial charge < -0.3 is 69.2 Å². The van der Waals surface area contributed by atoms with Crippen LogP contribution in [0.3, 0.4) is 0 Å². The van der Waals surface area contributed by atoms with Crippen LogP contribution in [-0.2, 0) is 16.1 Å². The minimum absolute atomic E-state index is 0.0789. The molecule has 0 saturated carbocycles. The highest BCUT2D eigenvalue weighted by atomic mass is 35.5. The van der Waals surface area contributed by atoms with Gasteiger partial charge in [0.25, 0.3) is 22.2 Å². The van der Waals surface area contributed by atoms with E-state index in [-0.39, 0.29) is 63.9 Å². The molecule has 17 rings (SSSR count). The van der Waals surface area contributed by atoms with Gasteiger partial charge in [-0.2, -0.15) is 10.2 Å². The minimum Gasteiger partial charge on any atom is -0.481 e. The van der Waals surface area contributed by atoms with Crippen molar-refractivity contribution in [1.29, 1.82) is 0 Å². The zero-order chi connectivity index (χ0) is 86.0. The van der Waals surface area contributed by atoms with Crippen LogP contribution in [-0.4, -0.2) is 228 Å². The van der Waals surface area contributed by atoms with Gasteiger partial charge in [0.15, 0.2) is 50.9 Å². The number of carbonyl (C=O) groups excluding carboxylic acids is 1. The maximum Gasteiger partial charge on any atom is 0.407 e. The number of anilines is 6. The number of nitrogens with one attached hydrogen (secondary N) is 6. The number of aryl methyl sites for hydroxylation is 7. The number of amides is 1. The van der Waals surface area contributed by atoms with E-state index in [9.17, 15) is 43.8 Å². The summed E-state index contributed by atoms with van der Waals surface area (Å²) in [6.45, 7) is 42.9. The average Bonchev–Trinajstić information content (AvgIpc) is 0.788. The summed E-state index contributed by atoms with van der Waals surface area (Å²) in [6.07, 6.45) is 6.68. The van der Waals surface area contributed by atoms with Gasteiger partial charge in [-0.25, -0.2) is 44.5 Å². The number of ether oxygens (including phenoxy) is 1. The lowest BCUT2D eigenvalue weighted by Crippen LogP contribution is -2.46. The number of aromatic amines is 5. The van der Waals surface area contributed by atoms with E-state index in [1.165, 1.54) is 11.1 Å². The molecule has 4 aromatic heterocycles. The average molecular weight is 1670 g/mol. The van der Waals surface area contributed by atoms with Crippen molar-refractivity contribution >= 4 is 106 Å². The third kappa shape index (κ3) is 19.5. The number of aromatic nitrogens is 14. The first-order chi connectivity index (χ1) is 57.8. The first kappa shape index (κ1) is 85.5. The summed E-state index contributed by atoms with van der Waals surface area (Å²) in [5, 5.41) is 37.8. The maximum absolute atomic E-state index is 12.6. The fourth-order valence-electron chi connectivity index (χ4n) is 16.5. The highest BCUT2D eigenvalue weighted by Crippen LogP contribution is 2.41. The second kappa shape index (κ2) is 36.2. The molecule has 9 aliphatic rings. The van der Waals surface area contributed by atoms with Crippen LogP contribution in [0.5, 0.6) is 0 Å². The van der Waals surface area contributed by atoms with Gasteiger partial charge in [0.05, 0.1) is 57.7 Å². The number of tetrazole rings is 1. The number of nitrogens with zero attached hydrogens (tertiary/aromatic N) is 19. The SMILES string of the molecule is C=c1nc2c(c(=O)[nH]1)=Nc1cc(C)c(C)cc1N2CCN1CCC(c2nn[nH]n2)CC1.C=c1nc2c(c(=O)[nH]1)=Nc1cc(C)c(C)cc1N2CCN1CCC[C@H]1CO.C=c1nc2c(c(=O)[nH]1)=Nc1cc(C)c(Cl)cc1N2CCN1CCC(C(=O)O)CC1.Cc1cc2nc3c(=O)[nH]c(=O)nc-3n(CCN3CCC(NC(=O)OC(C)(C)C)CC3)c2cc1C. The molecule has 36 heteroatoms. The third-order valence-corrected chi connectivity index (χ3v) is 24.0. The van der Waals surface area contributed by atoms with Crippen LogP contribution in [0.25, 0.3) is 42.3 Å². The molecule has 0 spiro atoms. The van der Waals surface area contributed by atoms with E-state index in [4.69, 9.17) is 16.3 Å². The zero-order valence-corrected chi connectivity index (χ0v) is 70.8. The van der Waals surface area contributed by atoms with E-state index >= 15 is 0 Å². The van der Waals surface area contributed by atoms with Crippen molar-refractivity contribution in [1.82, 2.24) is 95.0 Å². The fraction of sp³-hybridized carbons (Fsp3) is 0.459. The second-order valence-electron chi connectivity index (χ2n) is 33.1. The lowest BCUT2D eigenvalue weighted by Gasteiger charge is -2.34. The topological polar surface area (TPSA) is 428 Å². The van der Waals surface area contributed by atoms with Gasteiger partial charge in [-0.15, -0.1) is 10.2 Å². The Morgan fingerprint density at radius 2 is 1.00 bits per heavy atom. The number of benzene rings is 4. The summed E-state index contributed by atoms with van der Waals surface area (Å²) in [4.78, 5) is 146. The molecule has 1 amide bonds. The molecule has 9 aliphatic heterocycles. The third-order valence-electron chi connectivity index (χ3n) is 23.6. The number of halogens is 1. The van der Waals surface area contributed by atoms with Crippen LogP contribution < -0.4 is 80.5 Å². The van der Waals surface area contributed by atoms with Crippen molar-refractivity contribution in [2.45, 2.75) is 151 Å². The number of hydrogen-bond donors (Lipinski definition) is 8. The standard InChI is InChI=1S/C24H32N6O4.C21H25N9O.C20H22ClN5O3.C20H25N5O2/c1-14-12-17-18(13-15(14)2)30(20-19(26-17)21(31)28-22(32)27-20)11-10-29-8-6-16(7-9-29)25-23(33)34-24(3,4)5;1-12-10-16-17(11-13(12)2)30(20-18(24-16)21(31)23-14(3)22-20)9-8-29-6-4-15(5-7-29)19-25-27-28-26-19;1-11-9-15-16(10-14(11)21)26(18-17(24-15)19(27)23-12(2)22-18)8-7-25-5-3-13(4-6-25)20(28)29;1-12-9-16-17(10-13(12)2)25(8-7-24-6-4-5-15(24)11-26)19-18(23-16)20(27)22-14(3)21-19/h12-13,16H,6-11H2,1-5H3,(H,25,33)(H,28,31,32);10-11,15H,3-9H2,1-2H3,(H,23,31)(H,25,26,27,28);9-10,13H,2-8H2,1H3,(H,23,27)(H,28,29);9-10,15,26H,3-8,11H2,1-2H3,(H,22,27)/t;;;15-/m...0/s1. The van der Waals surface area contributed by atoms with Crippen molar-refractivity contribution in [3.05, 3.63) is 183 Å². The minimum atomic E-state index is -0.721. The summed E-state index contributed by atoms with van der Waals surface area (Å²) in [5.41, 5.74) is 12.8. The molecule has 4 aromatic carbocycles. The Hall–Kier alpha value is -11.9. The van der Waals surface area contributed by atoms with Gasteiger partial charge in [-0.1, -0.05) is 36.6 Å². The number of carbonyl (C=O) groups is 2. The van der Waals surface area contributed by atoms with E-state index in [0.717, 1.165) is 165 Å². The van der Waals surface area contributed by atoms with Gasteiger partial charge >= 0.3 is 17.8 Å². The molecule has 1 atom stereocenters. The number of aliphatic carboxylic acids is 1. The van der Waals surface area contributed by atoms with Crippen LogP contribution in [0, 0.1) is 54.4 Å². The highest BCUT2D eigenvalue weighted by molar-refractivity contribution is 6.31. The Bertz CT molecular complexity index is 6260. The smallest absolute Gasteiger partial charge is 0.407 e. The van der Waals surface area contributed by atoms with E-state index in [2.05, 4.69) is 168 Å². The Morgan fingerprint density at radius 3 is 1.50 bits per heavy atom. The first-order valence-corrected chi connectivity index (χ1v) is 41.5. The van der Waals surface area contributed by atoms with Crippen LogP contribution >= 0.6 is 11.6 Å². The second-order valence-corrected chi connectivity index (χ2v) is 33.5. The molecule has 13 heterocycles. The predicted octanol–water partition coefficient (Wildman–Crippen LogP) is 4.78. The van der Waals surface area contributed by atoms with Gasteiger partial charge in [0.2, 0.25) is 0 Å².